The summed E-state index contributed by atoms with van der Waals surface area (Å²) in [6.07, 6.45) is 0. The summed E-state index contributed by atoms with van der Waals surface area (Å²) in [7, 11) is 1.29. The number of esters is 1. The molecule has 88 valence electrons. The number of aryl methyl sites for hydroxylation is 1. The van der Waals surface area contributed by atoms with Crippen LogP contribution in [0.1, 0.15) is 16.2 Å². The zero-order valence-electron chi connectivity index (χ0n) is 9.12. The molecule has 0 fully saturated rings. The van der Waals surface area contributed by atoms with Crippen molar-refractivity contribution in [1.82, 2.24) is 9.97 Å². The number of carbonyl (C=O) groups is 1. The van der Waals surface area contributed by atoms with Crippen LogP contribution >= 0.6 is 23.2 Å². The summed E-state index contributed by atoms with van der Waals surface area (Å²) < 4.78 is 4.62. The van der Waals surface area contributed by atoms with Crippen molar-refractivity contribution in [2.75, 3.05) is 7.11 Å². The Balaban J connectivity index is 2.71. The van der Waals surface area contributed by atoms with Crippen LogP contribution in [0.4, 0.5) is 0 Å². The van der Waals surface area contributed by atoms with Gasteiger partial charge in [-0.1, -0.05) is 23.2 Å². The number of ether oxygens (including phenoxy) is 1. The summed E-state index contributed by atoms with van der Waals surface area (Å²) in [5.41, 5.74) is 1.76. The molecule has 0 N–H and O–H groups in total. The van der Waals surface area contributed by atoms with Gasteiger partial charge in [0.05, 0.1) is 33.9 Å². The highest BCUT2D eigenvalue weighted by Gasteiger charge is 2.14. The molecular formula is C11H8Cl2N2O2. The van der Waals surface area contributed by atoms with Crippen molar-refractivity contribution >= 4 is 40.2 Å². The number of hydrogen-bond donors (Lipinski definition) is 0. The monoisotopic (exact) mass is 270 g/mol. The number of fused-ring (bicyclic) bond motifs is 1. The van der Waals surface area contributed by atoms with Gasteiger partial charge in [-0.25, -0.2) is 14.8 Å². The molecule has 1 aromatic heterocycles. The first-order valence-corrected chi connectivity index (χ1v) is 5.50. The van der Waals surface area contributed by atoms with Gasteiger partial charge in [0.15, 0.2) is 5.69 Å². The second-order valence-corrected chi connectivity index (χ2v) is 4.22. The third kappa shape index (κ3) is 2.18. The van der Waals surface area contributed by atoms with Gasteiger partial charge >= 0.3 is 5.97 Å². The molecule has 0 radical (unpaired) electrons. The Labute approximate surface area is 108 Å². The number of nitrogens with zero attached hydrogens (tertiary/aromatic N) is 2. The molecule has 6 heteroatoms. The summed E-state index contributed by atoms with van der Waals surface area (Å²) in [6, 6.07) is 3.18. The first kappa shape index (κ1) is 12.1. The lowest BCUT2D eigenvalue weighted by atomic mass is 10.2. The number of methoxy groups -OCH3 is 1. The molecule has 17 heavy (non-hydrogen) atoms. The molecule has 2 aromatic rings. The molecule has 1 aromatic carbocycles. The van der Waals surface area contributed by atoms with E-state index in [9.17, 15) is 4.79 Å². The SMILES string of the molecule is COC(=O)c1nc2cc(Cl)c(Cl)cc2nc1C. The number of benzene rings is 1. The molecule has 0 aliphatic heterocycles. The van der Waals surface area contributed by atoms with E-state index in [1.807, 2.05) is 0 Å². The van der Waals surface area contributed by atoms with Crippen molar-refractivity contribution in [1.29, 1.82) is 0 Å². The zero-order valence-corrected chi connectivity index (χ0v) is 10.6. The fourth-order valence-corrected chi connectivity index (χ4v) is 1.75. The maximum atomic E-state index is 11.4. The number of aromatic nitrogens is 2. The Bertz CT molecular complexity index is 614. The van der Waals surface area contributed by atoms with Crippen LogP contribution in [0, 0.1) is 6.92 Å². The zero-order chi connectivity index (χ0) is 12.6. The van der Waals surface area contributed by atoms with Crippen LogP contribution in [-0.4, -0.2) is 23.0 Å². The Morgan fingerprint density at radius 3 is 2.24 bits per heavy atom. The highest BCUT2D eigenvalue weighted by molar-refractivity contribution is 6.42. The summed E-state index contributed by atoms with van der Waals surface area (Å²) in [5, 5.41) is 0.770. The van der Waals surface area contributed by atoms with E-state index >= 15 is 0 Å². The topological polar surface area (TPSA) is 52.1 Å². The number of hydrogen-bond acceptors (Lipinski definition) is 4. The van der Waals surface area contributed by atoms with Gasteiger partial charge in [0, 0.05) is 0 Å². The molecule has 0 aliphatic rings. The minimum atomic E-state index is -0.525. The summed E-state index contributed by atoms with van der Waals surface area (Å²) >= 11 is 11.8. The van der Waals surface area contributed by atoms with Gasteiger partial charge in [0.25, 0.3) is 0 Å². The maximum Gasteiger partial charge on any atom is 0.358 e. The van der Waals surface area contributed by atoms with E-state index < -0.39 is 5.97 Å². The fraction of sp³-hybridized carbons (Fsp3) is 0.182. The number of carbonyl (C=O) groups excluding carboxylic acids is 1. The van der Waals surface area contributed by atoms with E-state index in [4.69, 9.17) is 23.2 Å². The van der Waals surface area contributed by atoms with Gasteiger partial charge in [0.2, 0.25) is 0 Å². The third-order valence-corrected chi connectivity index (χ3v) is 2.98. The summed E-state index contributed by atoms with van der Waals surface area (Å²) in [5.74, 6) is -0.525. The van der Waals surface area contributed by atoms with Gasteiger partial charge < -0.3 is 4.74 Å². The molecule has 0 unspecified atom stereocenters. The molecule has 2 rings (SSSR count). The van der Waals surface area contributed by atoms with E-state index in [1.54, 1.807) is 19.1 Å². The fourth-order valence-electron chi connectivity index (χ4n) is 1.43. The molecule has 0 amide bonds. The molecule has 1 heterocycles. The standard InChI is InChI=1S/C11H8Cl2N2O2/c1-5-10(11(16)17-2)15-9-4-7(13)6(12)3-8(9)14-5/h3-4H,1-2H3. The van der Waals surface area contributed by atoms with Gasteiger partial charge in [0.1, 0.15) is 0 Å². The van der Waals surface area contributed by atoms with Crippen LogP contribution in [0.15, 0.2) is 12.1 Å². The van der Waals surface area contributed by atoms with Crippen LogP contribution in [0.3, 0.4) is 0 Å². The average molecular weight is 271 g/mol. The highest BCUT2D eigenvalue weighted by Crippen LogP contribution is 2.26. The number of halogens is 2. The predicted octanol–water partition coefficient (Wildman–Crippen LogP) is 3.03. The van der Waals surface area contributed by atoms with E-state index in [2.05, 4.69) is 14.7 Å². The van der Waals surface area contributed by atoms with Crippen LogP contribution in [-0.2, 0) is 4.74 Å². The van der Waals surface area contributed by atoms with Crippen molar-refractivity contribution in [3.8, 4) is 0 Å². The normalized spacial score (nSPS) is 10.6. The quantitative estimate of drug-likeness (QED) is 0.748. The van der Waals surface area contributed by atoms with Crippen molar-refractivity contribution in [3.05, 3.63) is 33.6 Å². The molecule has 0 aliphatic carbocycles. The van der Waals surface area contributed by atoms with E-state index in [0.29, 0.717) is 26.8 Å². The Hall–Kier alpha value is -1.39. The number of rotatable bonds is 1. The van der Waals surface area contributed by atoms with Crippen LogP contribution in [0.5, 0.6) is 0 Å². The minimum Gasteiger partial charge on any atom is -0.464 e. The lowest BCUT2D eigenvalue weighted by molar-refractivity contribution is 0.0593. The molecule has 0 spiro atoms. The van der Waals surface area contributed by atoms with E-state index in [0.717, 1.165) is 0 Å². The Morgan fingerprint density at radius 1 is 1.18 bits per heavy atom. The Kier molecular flexibility index (Phi) is 3.17. The highest BCUT2D eigenvalue weighted by atomic mass is 35.5. The minimum absolute atomic E-state index is 0.179. The first-order valence-electron chi connectivity index (χ1n) is 4.74. The van der Waals surface area contributed by atoms with Crippen LogP contribution in [0.2, 0.25) is 10.0 Å². The second-order valence-electron chi connectivity index (χ2n) is 3.40. The predicted molar refractivity (Wildman–Crippen MR) is 65.6 cm³/mol. The maximum absolute atomic E-state index is 11.4. The van der Waals surface area contributed by atoms with E-state index in [-0.39, 0.29) is 5.69 Å². The van der Waals surface area contributed by atoms with Gasteiger partial charge in [-0.3, -0.25) is 0 Å². The Morgan fingerprint density at radius 2 is 1.71 bits per heavy atom. The lowest BCUT2D eigenvalue weighted by Crippen LogP contribution is -2.08. The average Bonchev–Trinajstić information content (AvgIpc) is 2.30. The van der Waals surface area contributed by atoms with Crippen LogP contribution < -0.4 is 0 Å². The summed E-state index contributed by atoms with van der Waals surface area (Å²) in [4.78, 5) is 19.9. The van der Waals surface area contributed by atoms with Gasteiger partial charge in [-0.15, -0.1) is 0 Å². The van der Waals surface area contributed by atoms with Crippen molar-refractivity contribution in [2.24, 2.45) is 0 Å². The largest absolute Gasteiger partial charge is 0.464 e. The van der Waals surface area contributed by atoms with Gasteiger partial charge in [-0.2, -0.15) is 0 Å². The van der Waals surface area contributed by atoms with Gasteiger partial charge in [-0.05, 0) is 19.1 Å². The second kappa shape index (κ2) is 4.47. The van der Waals surface area contributed by atoms with Crippen LogP contribution in [0.25, 0.3) is 11.0 Å². The van der Waals surface area contributed by atoms with Crippen molar-refractivity contribution < 1.29 is 9.53 Å². The van der Waals surface area contributed by atoms with Crippen molar-refractivity contribution in [3.63, 3.8) is 0 Å². The van der Waals surface area contributed by atoms with Crippen molar-refractivity contribution in [2.45, 2.75) is 6.92 Å². The third-order valence-electron chi connectivity index (χ3n) is 2.26. The smallest absolute Gasteiger partial charge is 0.358 e. The first-order chi connectivity index (χ1) is 8.02. The molecule has 0 bridgehead atoms. The molecule has 0 saturated heterocycles. The summed E-state index contributed by atoms with van der Waals surface area (Å²) in [6.45, 7) is 1.68. The lowest BCUT2D eigenvalue weighted by Gasteiger charge is -2.05. The molecular weight excluding hydrogens is 263 g/mol. The molecule has 4 nitrogen and oxygen atoms in total. The molecule has 0 saturated carbocycles. The molecule has 0 atom stereocenters. The van der Waals surface area contributed by atoms with E-state index in [1.165, 1.54) is 7.11 Å².